The van der Waals surface area contributed by atoms with E-state index in [9.17, 15) is 18.4 Å². The molecule has 1 aliphatic rings. The van der Waals surface area contributed by atoms with Crippen LogP contribution in [0.1, 0.15) is 36.1 Å². The summed E-state index contributed by atoms with van der Waals surface area (Å²) in [4.78, 5) is 32.9. The summed E-state index contributed by atoms with van der Waals surface area (Å²) >= 11 is 1.04. The van der Waals surface area contributed by atoms with Crippen LogP contribution < -0.4 is 11.2 Å². The number of pyridine rings is 1. The summed E-state index contributed by atoms with van der Waals surface area (Å²) in [6.07, 6.45) is 0.336. The molecule has 8 heteroatoms. The van der Waals surface area contributed by atoms with Gasteiger partial charge in [0.1, 0.15) is 9.53 Å². The van der Waals surface area contributed by atoms with Crippen molar-refractivity contribution < 1.29 is 8.78 Å². The van der Waals surface area contributed by atoms with E-state index in [1.165, 1.54) is 0 Å². The number of aromatic nitrogens is 3. The molecule has 0 radical (unpaired) electrons. The molecule has 4 rings (SSSR count). The van der Waals surface area contributed by atoms with Crippen LogP contribution in [0.25, 0.3) is 20.4 Å². The number of hydrogen-bond donors (Lipinski definition) is 2. The lowest BCUT2D eigenvalue weighted by Crippen LogP contribution is -2.20. The Morgan fingerprint density at radius 3 is 2.68 bits per heavy atom. The molecule has 0 atom stereocenters. The van der Waals surface area contributed by atoms with E-state index in [2.05, 4.69) is 15.0 Å². The Morgan fingerprint density at radius 2 is 1.91 bits per heavy atom. The van der Waals surface area contributed by atoms with Gasteiger partial charge in [-0.2, -0.15) is 0 Å². The van der Waals surface area contributed by atoms with Gasteiger partial charge in [-0.15, -0.1) is 11.3 Å². The number of alkyl halides is 2. The average Bonchev–Trinajstić information content (AvgIpc) is 2.83. The number of aromatic amines is 2. The smallest absolute Gasteiger partial charge is 0.305 e. The third-order valence-electron chi connectivity index (χ3n) is 4.05. The van der Waals surface area contributed by atoms with Crippen molar-refractivity contribution in [2.24, 2.45) is 0 Å². The van der Waals surface area contributed by atoms with Crippen LogP contribution >= 0.6 is 11.3 Å². The zero-order valence-electron chi connectivity index (χ0n) is 11.3. The largest absolute Gasteiger partial charge is 0.326 e. The van der Waals surface area contributed by atoms with Gasteiger partial charge in [0.15, 0.2) is 0 Å². The van der Waals surface area contributed by atoms with E-state index in [-0.39, 0.29) is 21.2 Å². The first kappa shape index (κ1) is 13.6. The fraction of sp³-hybridized carbons (Fsp3) is 0.357. The second-order valence-corrected chi connectivity index (χ2v) is 6.35. The van der Waals surface area contributed by atoms with Gasteiger partial charge in [0.05, 0.1) is 5.52 Å². The topological polar surface area (TPSA) is 78.6 Å². The molecule has 3 aromatic rings. The Balaban J connectivity index is 2.26. The maximum atomic E-state index is 13.7. The molecule has 2 N–H and O–H groups in total. The van der Waals surface area contributed by atoms with Crippen LogP contribution in [-0.4, -0.2) is 15.0 Å². The van der Waals surface area contributed by atoms with Crippen LogP contribution in [0.5, 0.6) is 0 Å². The minimum absolute atomic E-state index is 0.0767. The molecule has 0 amide bonds. The first-order valence-corrected chi connectivity index (χ1v) is 7.76. The lowest BCUT2D eigenvalue weighted by molar-refractivity contribution is 0.151. The lowest BCUT2D eigenvalue weighted by Gasteiger charge is -2.19. The number of halogens is 2. The van der Waals surface area contributed by atoms with Crippen molar-refractivity contribution in [3.8, 4) is 0 Å². The van der Waals surface area contributed by atoms with Gasteiger partial charge in [0.2, 0.25) is 0 Å². The van der Waals surface area contributed by atoms with E-state index in [4.69, 9.17) is 0 Å². The van der Waals surface area contributed by atoms with E-state index < -0.39 is 17.7 Å². The quantitative estimate of drug-likeness (QED) is 0.722. The molecule has 22 heavy (non-hydrogen) atoms. The molecule has 0 aliphatic heterocycles. The normalized spacial score (nSPS) is 14.9. The maximum Gasteiger partial charge on any atom is 0.326 e. The van der Waals surface area contributed by atoms with E-state index in [1.807, 2.05) is 0 Å². The van der Waals surface area contributed by atoms with Crippen LogP contribution in [0, 0.1) is 0 Å². The molecule has 0 aromatic carbocycles. The van der Waals surface area contributed by atoms with Gasteiger partial charge < -0.3 is 4.98 Å². The maximum absolute atomic E-state index is 13.7. The molecule has 1 aliphatic carbocycles. The van der Waals surface area contributed by atoms with Gasteiger partial charge in [-0.25, -0.2) is 18.6 Å². The number of hydrogen-bond acceptors (Lipinski definition) is 4. The van der Waals surface area contributed by atoms with Crippen LogP contribution in [0.4, 0.5) is 8.78 Å². The highest BCUT2D eigenvalue weighted by Gasteiger charge is 2.26. The molecular weight excluding hydrogens is 312 g/mol. The predicted molar refractivity (Wildman–Crippen MR) is 80.0 cm³/mol. The summed E-state index contributed by atoms with van der Waals surface area (Å²) in [6, 6.07) is 0. The number of thiophene rings is 1. The van der Waals surface area contributed by atoms with Crippen LogP contribution in [0.3, 0.4) is 0 Å². The third kappa shape index (κ3) is 1.83. The molecule has 5 nitrogen and oxygen atoms in total. The summed E-state index contributed by atoms with van der Waals surface area (Å²) in [7, 11) is 0. The number of H-pyrrole nitrogens is 2. The molecule has 0 spiro atoms. The Bertz CT molecular complexity index is 1020. The van der Waals surface area contributed by atoms with Gasteiger partial charge in [-0.3, -0.25) is 9.78 Å². The highest BCUT2D eigenvalue weighted by atomic mass is 32.1. The SMILES string of the molecule is O=c1[nH]c(=O)c2sc3nc4c(c(C(F)F)c3c2[nH]1)CCCC4. The molecule has 3 aromatic heterocycles. The van der Waals surface area contributed by atoms with Gasteiger partial charge in [0.25, 0.3) is 12.0 Å². The van der Waals surface area contributed by atoms with Gasteiger partial charge in [0, 0.05) is 16.6 Å². The summed E-state index contributed by atoms with van der Waals surface area (Å²) < 4.78 is 27.6. The van der Waals surface area contributed by atoms with Crippen molar-refractivity contribution in [3.05, 3.63) is 37.7 Å². The van der Waals surface area contributed by atoms with Gasteiger partial charge in [-0.05, 0) is 31.2 Å². The summed E-state index contributed by atoms with van der Waals surface area (Å²) in [5.41, 5.74) is 0.0983. The van der Waals surface area contributed by atoms with Crippen molar-refractivity contribution in [2.45, 2.75) is 32.1 Å². The number of aryl methyl sites for hydroxylation is 1. The Morgan fingerprint density at radius 1 is 1.14 bits per heavy atom. The molecule has 114 valence electrons. The predicted octanol–water partition coefficient (Wildman–Crippen LogP) is 2.64. The molecule has 0 bridgehead atoms. The van der Waals surface area contributed by atoms with Crippen molar-refractivity contribution in [1.29, 1.82) is 0 Å². The van der Waals surface area contributed by atoms with Gasteiger partial charge in [-0.1, -0.05) is 0 Å². The zero-order chi connectivity index (χ0) is 15.4. The second kappa shape index (κ2) is 4.70. The van der Waals surface area contributed by atoms with E-state index in [0.717, 1.165) is 24.2 Å². The molecule has 3 heterocycles. The minimum atomic E-state index is -2.67. The minimum Gasteiger partial charge on any atom is -0.305 e. The van der Waals surface area contributed by atoms with Crippen LogP contribution in [0.15, 0.2) is 9.59 Å². The molecular formula is C14H11F2N3O2S. The highest BCUT2D eigenvalue weighted by Crippen LogP contribution is 2.40. The number of fused-ring (bicyclic) bond motifs is 4. The lowest BCUT2D eigenvalue weighted by atomic mass is 9.91. The molecule has 0 unspecified atom stereocenters. The first-order valence-electron chi connectivity index (χ1n) is 6.95. The second-order valence-electron chi connectivity index (χ2n) is 5.35. The fourth-order valence-corrected chi connectivity index (χ4v) is 4.21. The summed E-state index contributed by atoms with van der Waals surface area (Å²) in [6.45, 7) is 0. The Hall–Kier alpha value is -2.09. The van der Waals surface area contributed by atoms with Gasteiger partial charge >= 0.3 is 5.69 Å². The number of nitrogens with one attached hydrogen (secondary N) is 2. The first-order chi connectivity index (χ1) is 10.6. The molecule has 0 fully saturated rings. The molecule has 0 saturated heterocycles. The third-order valence-corrected chi connectivity index (χ3v) is 5.13. The Kier molecular flexibility index (Phi) is 2.90. The highest BCUT2D eigenvalue weighted by molar-refractivity contribution is 7.25. The molecule has 0 saturated carbocycles. The summed E-state index contributed by atoms with van der Waals surface area (Å²) in [5, 5.41) is 0.221. The van der Waals surface area contributed by atoms with E-state index >= 15 is 0 Å². The zero-order valence-corrected chi connectivity index (χ0v) is 12.2. The van der Waals surface area contributed by atoms with E-state index in [0.29, 0.717) is 28.9 Å². The van der Waals surface area contributed by atoms with Crippen molar-refractivity contribution >= 4 is 31.8 Å². The monoisotopic (exact) mass is 323 g/mol. The number of rotatable bonds is 1. The van der Waals surface area contributed by atoms with Crippen LogP contribution in [0.2, 0.25) is 0 Å². The summed E-state index contributed by atoms with van der Waals surface area (Å²) in [5.74, 6) is 0. The van der Waals surface area contributed by atoms with Crippen molar-refractivity contribution in [3.63, 3.8) is 0 Å². The fourth-order valence-electron chi connectivity index (χ4n) is 3.15. The van der Waals surface area contributed by atoms with E-state index in [1.54, 1.807) is 0 Å². The average molecular weight is 323 g/mol. The Labute approximate surface area is 126 Å². The van der Waals surface area contributed by atoms with Crippen molar-refractivity contribution in [2.75, 3.05) is 0 Å². The standard InChI is InChI=1S/C14H11F2N3O2S/c15-11(16)7-5-3-1-2-4-6(5)17-13-8(7)9-10(22-13)12(20)19-14(21)18-9/h11H,1-4H2,(H2,18,19,20,21). The van der Waals surface area contributed by atoms with Crippen molar-refractivity contribution in [1.82, 2.24) is 15.0 Å². The van der Waals surface area contributed by atoms with Crippen LogP contribution in [-0.2, 0) is 12.8 Å². The number of nitrogens with zero attached hydrogens (tertiary/aromatic N) is 1.